The van der Waals surface area contributed by atoms with E-state index in [4.69, 9.17) is 5.84 Å². The summed E-state index contributed by atoms with van der Waals surface area (Å²) < 4.78 is 2.34. The first kappa shape index (κ1) is 14.0. The number of rotatable bonds is 3. The van der Waals surface area contributed by atoms with E-state index in [-0.39, 0.29) is 6.04 Å². The Bertz CT molecular complexity index is 381. The Hall–Kier alpha value is 0.580. The maximum atomic E-state index is 5.78. The highest BCUT2D eigenvalue weighted by Crippen LogP contribution is 2.42. The zero-order chi connectivity index (χ0) is 12.4. The molecule has 0 amide bonds. The molecule has 3 unspecified atom stereocenters. The van der Waals surface area contributed by atoms with Crippen molar-refractivity contribution in [2.24, 2.45) is 17.7 Å². The molecule has 0 spiro atoms. The number of thiophene rings is 1. The van der Waals surface area contributed by atoms with E-state index in [1.54, 1.807) is 11.3 Å². The highest BCUT2D eigenvalue weighted by Gasteiger charge is 2.29. The molecule has 17 heavy (non-hydrogen) atoms. The summed E-state index contributed by atoms with van der Waals surface area (Å²) in [5.41, 5.74) is 4.31. The minimum atomic E-state index is 0.273. The normalized spacial score (nSPS) is 27.1. The molecular formula is C12H18Br2N2S. The van der Waals surface area contributed by atoms with Crippen molar-refractivity contribution in [1.29, 1.82) is 0 Å². The molecule has 0 aromatic carbocycles. The van der Waals surface area contributed by atoms with E-state index in [1.807, 2.05) is 0 Å². The molecule has 96 valence electrons. The van der Waals surface area contributed by atoms with Crippen LogP contribution in [0.4, 0.5) is 0 Å². The van der Waals surface area contributed by atoms with Gasteiger partial charge in [-0.05, 0) is 68.2 Å². The van der Waals surface area contributed by atoms with Crippen molar-refractivity contribution in [2.75, 3.05) is 0 Å². The van der Waals surface area contributed by atoms with Crippen LogP contribution in [0.15, 0.2) is 13.6 Å². The van der Waals surface area contributed by atoms with Crippen molar-refractivity contribution in [3.63, 3.8) is 0 Å². The van der Waals surface area contributed by atoms with E-state index in [2.05, 4.69) is 50.3 Å². The summed E-state index contributed by atoms with van der Waals surface area (Å²) in [6.45, 7) is 2.35. The van der Waals surface area contributed by atoms with Gasteiger partial charge in [0, 0.05) is 0 Å². The average Bonchev–Trinajstić information content (AvgIpc) is 2.59. The van der Waals surface area contributed by atoms with Crippen LogP contribution in [0.3, 0.4) is 0 Å². The largest absolute Gasteiger partial charge is 0.271 e. The van der Waals surface area contributed by atoms with Crippen LogP contribution in [0.5, 0.6) is 0 Å². The van der Waals surface area contributed by atoms with Crippen molar-refractivity contribution in [2.45, 2.75) is 38.6 Å². The zero-order valence-corrected chi connectivity index (χ0v) is 13.9. The highest BCUT2D eigenvalue weighted by molar-refractivity contribution is 9.12. The molecule has 0 bridgehead atoms. The van der Waals surface area contributed by atoms with E-state index in [1.165, 1.54) is 35.0 Å². The van der Waals surface area contributed by atoms with Gasteiger partial charge in [-0.1, -0.05) is 19.8 Å². The molecule has 0 radical (unpaired) electrons. The molecule has 1 saturated carbocycles. The number of nitrogens with one attached hydrogen (secondary N) is 1. The Morgan fingerprint density at radius 2 is 2.24 bits per heavy atom. The van der Waals surface area contributed by atoms with Gasteiger partial charge in [-0.3, -0.25) is 11.3 Å². The van der Waals surface area contributed by atoms with Crippen molar-refractivity contribution < 1.29 is 0 Å². The predicted octanol–water partition coefficient (Wildman–Crippen LogP) is 4.60. The maximum absolute atomic E-state index is 5.78. The SMILES string of the molecule is CC1CCCC(C(NN)c2cc(Br)sc2Br)C1. The first-order chi connectivity index (χ1) is 8.11. The minimum Gasteiger partial charge on any atom is -0.271 e. The third-order valence-electron chi connectivity index (χ3n) is 3.65. The third kappa shape index (κ3) is 3.32. The second-order valence-corrected chi connectivity index (χ2v) is 8.71. The molecule has 1 heterocycles. The molecule has 1 aromatic heterocycles. The lowest BCUT2D eigenvalue weighted by molar-refractivity contribution is 0.224. The maximum Gasteiger partial charge on any atom is 0.0758 e. The van der Waals surface area contributed by atoms with Gasteiger partial charge in [-0.25, -0.2) is 0 Å². The van der Waals surface area contributed by atoms with Gasteiger partial charge in [0.15, 0.2) is 0 Å². The van der Waals surface area contributed by atoms with Crippen molar-refractivity contribution in [3.8, 4) is 0 Å². The molecule has 2 nitrogen and oxygen atoms in total. The number of hydrogen-bond donors (Lipinski definition) is 2. The minimum absolute atomic E-state index is 0.273. The summed E-state index contributed by atoms with van der Waals surface area (Å²) in [6, 6.07) is 2.45. The zero-order valence-electron chi connectivity index (χ0n) is 9.88. The highest BCUT2D eigenvalue weighted by atomic mass is 79.9. The van der Waals surface area contributed by atoms with Crippen LogP contribution in [0.25, 0.3) is 0 Å². The van der Waals surface area contributed by atoms with E-state index in [0.717, 1.165) is 9.70 Å². The molecule has 3 N–H and O–H groups in total. The lowest BCUT2D eigenvalue weighted by Crippen LogP contribution is -2.35. The van der Waals surface area contributed by atoms with Gasteiger partial charge in [-0.15, -0.1) is 11.3 Å². The smallest absolute Gasteiger partial charge is 0.0758 e. The van der Waals surface area contributed by atoms with Crippen LogP contribution in [0, 0.1) is 11.8 Å². The number of nitrogens with two attached hydrogens (primary N) is 1. The number of hydrogen-bond acceptors (Lipinski definition) is 3. The van der Waals surface area contributed by atoms with Gasteiger partial charge >= 0.3 is 0 Å². The van der Waals surface area contributed by atoms with Crippen LogP contribution in [0.1, 0.15) is 44.2 Å². The van der Waals surface area contributed by atoms with E-state index in [9.17, 15) is 0 Å². The van der Waals surface area contributed by atoms with Gasteiger partial charge in [0.1, 0.15) is 0 Å². The van der Waals surface area contributed by atoms with Gasteiger partial charge < -0.3 is 0 Å². The quantitative estimate of drug-likeness (QED) is 0.592. The molecule has 3 atom stereocenters. The summed E-state index contributed by atoms with van der Waals surface area (Å²) in [7, 11) is 0. The summed E-state index contributed by atoms with van der Waals surface area (Å²) >= 11 is 8.88. The topological polar surface area (TPSA) is 38.0 Å². The molecule has 1 fully saturated rings. The monoisotopic (exact) mass is 380 g/mol. The predicted molar refractivity (Wildman–Crippen MR) is 80.9 cm³/mol. The molecule has 0 saturated heterocycles. The van der Waals surface area contributed by atoms with Crippen LogP contribution in [0.2, 0.25) is 0 Å². The number of halogens is 2. The standard InChI is InChI=1S/C12H18Br2N2S/c1-7-3-2-4-8(5-7)11(16-15)9-6-10(13)17-12(9)14/h6-8,11,16H,2-5,15H2,1H3. The van der Waals surface area contributed by atoms with Crippen LogP contribution in [-0.4, -0.2) is 0 Å². The summed E-state index contributed by atoms with van der Waals surface area (Å²) in [5, 5.41) is 0. The fourth-order valence-electron chi connectivity index (χ4n) is 2.83. The summed E-state index contributed by atoms with van der Waals surface area (Å²) in [5.74, 6) is 7.26. The lowest BCUT2D eigenvalue weighted by atomic mass is 9.77. The summed E-state index contributed by atoms with van der Waals surface area (Å²) in [6.07, 6.45) is 5.24. The fourth-order valence-corrected chi connectivity index (χ4v) is 5.76. The molecule has 5 heteroatoms. The van der Waals surface area contributed by atoms with E-state index >= 15 is 0 Å². The van der Waals surface area contributed by atoms with Crippen LogP contribution < -0.4 is 11.3 Å². The second kappa shape index (κ2) is 6.15. The Balaban J connectivity index is 2.18. The van der Waals surface area contributed by atoms with Gasteiger partial charge in [0.25, 0.3) is 0 Å². The Kier molecular flexibility index (Phi) is 5.06. The fraction of sp³-hybridized carbons (Fsp3) is 0.667. The van der Waals surface area contributed by atoms with Crippen LogP contribution in [-0.2, 0) is 0 Å². The van der Waals surface area contributed by atoms with E-state index < -0.39 is 0 Å². The number of hydrazine groups is 1. The first-order valence-electron chi connectivity index (χ1n) is 6.02. The van der Waals surface area contributed by atoms with Gasteiger partial charge in [0.05, 0.1) is 13.6 Å². The summed E-state index contributed by atoms with van der Waals surface area (Å²) in [4.78, 5) is 0. The van der Waals surface area contributed by atoms with Crippen LogP contribution >= 0.6 is 43.2 Å². The molecule has 0 aliphatic heterocycles. The Labute approximate surface area is 124 Å². The molecule has 1 aromatic rings. The molecular weight excluding hydrogens is 364 g/mol. The third-order valence-corrected chi connectivity index (χ3v) is 6.03. The second-order valence-electron chi connectivity index (χ2n) is 4.96. The Morgan fingerprint density at radius 3 is 2.76 bits per heavy atom. The van der Waals surface area contributed by atoms with Crippen molar-refractivity contribution in [1.82, 2.24) is 5.43 Å². The lowest BCUT2D eigenvalue weighted by Gasteiger charge is -2.32. The van der Waals surface area contributed by atoms with Gasteiger partial charge in [0.2, 0.25) is 0 Å². The molecule has 2 rings (SSSR count). The van der Waals surface area contributed by atoms with Crippen molar-refractivity contribution >= 4 is 43.2 Å². The first-order valence-corrected chi connectivity index (χ1v) is 8.43. The van der Waals surface area contributed by atoms with Crippen molar-refractivity contribution in [3.05, 3.63) is 19.2 Å². The Morgan fingerprint density at radius 1 is 1.47 bits per heavy atom. The van der Waals surface area contributed by atoms with Gasteiger partial charge in [-0.2, -0.15) is 0 Å². The average molecular weight is 382 g/mol. The molecule has 1 aliphatic rings. The molecule has 1 aliphatic carbocycles. The van der Waals surface area contributed by atoms with E-state index in [0.29, 0.717) is 5.92 Å².